The Bertz CT molecular complexity index is 1050. The van der Waals surface area contributed by atoms with E-state index < -0.39 is 11.7 Å². The Labute approximate surface area is 165 Å². The molecule has 0 aliphatic rings. The highest BCUT2D eigenvalue weighted by Gasteiger charge is 2.11. The molecular formula is C21H15ClFN3O2. The predicted molar refractivity (Wildman–Crippen MR) is 107 cm³/mol. The van der Waals surface area contributed by atoms with Gasteiger partial charge in [-0.15, -0.1) is 0 Å². The first-order valence-electron chi connectivity index (χ1n) is 8.28. The van der Waals surface area contributed by atoms with Gasteiger partial charge in [-0.05, 0) is 36.4 Å². The lowest BCUT2D eigenvalue weighted by molar-refractivity contribution is 0.0953. The summed E-state index contributed by atoms with van der Waals surface area (Å²) in [6.07, 6.45) is 1.22. The van der Waals surface area contributed by atoms with Gasteiger partial charge in [-0.1, -0.05) is 48.0 Å². The quantitative estimate of drug-likeness (QED) is 0.493. The third-order valence-corrected chi connectivity index (χ3v) is 4.11. The normalized spacial score (nSPS) is 10.6. The van der Waals surface area contributed by atoms with Crippen LogP contribution in [0.15, 0.2) is 77.9 Å². The van der Waals surface area contributed by atoms with Crippen molar-refractivity contribution in [2.45, 2.75) is 0 Å². The summed E-state index contributed by atoms with van der Waals surface area (Å²) in [7, 11) is 0. The fourth-order valence-corrected chi connectivity index (χ4v) is 2.61. The lowest BCUT2D eigenvalue weighted by atomic mass is 10.1. The molecule has 0 atom stereocenters. The van der Waals surface area contributed by atoms with Crippen molar-refractivity contribution < 1.29 is 14.0 Å². The van der Waals surface area contributed by atoms with Crippen LogP contribution in [0.25, 0.3) is 0 Å². The Morgan fingerprint density at radius 3 is 2.46 bits per heavy atom. The zero-order valence-corrected chi connectivity index (χ0v) is 15.3. The molecule has 5 nitrogen and oxygen atoms in total. The number of carbonyl (C=O) groups is 2. The number of benzene rings is 3. The lowest BCUT2D eigenvalue weighted by Crippen LogP contribution is -2.18. The molecule has 0 unspecified atom stereocenters. The first-order chi connectivity index (χ1) is 13.5. The molecule has 0 aliphatic carbocycles. The van der Waals surface area contributed by atoms with Gasteiger partial charge in [0.1, 0.15) is 5.82 Å². The van der Waals surface area contributed by atoms with Crippen LogP contribution in [-0.2, 0) is 0 Å². The highest BCUT2D eigenvalue weighted by atomic mass is 35.5. The fraction of sp³-hybridized carbons (Fsp3) is 0. The number of halogens is 2. The number of carbonyl (C=O) groups excluding carboxylic acids is 2. The minimum atomic E-state index is -0.499. The Morgan fingerprint density at radius 1 is 0.929 bits per heavy atom. The first-order valence-corrected chi connectivity index (χ1v) is 8.66. The molecule has 0 radical (unpaired) electrons. The molecule has 28 heavy (non-hydrogen) atoms. The third-order valence-electron chi connectivity index (χ3n) is 3.78. The maximum atomic E-state index is 13.5. The Morgan fingerprint density at radius 2 is 1.68 bits per heavy atom. The average Bonchev–Trinajstić information content (AvgIpc) is 2.70. The van der Waals surface area contributed by atoms with Gasteiger partial charge >= 0.3 is 0 Å². The zero-order chi connectivity index (χ0) is 19.9. The van der Waals surface area contributed by atoms with E-state index in [0.717, 1.165) is 0 Å². The van der Waals surface area contributed by atoms with E-state index >= 15 is 0 Å². The molecule has 3 rings (SSSR count). The molecule has 0 heterocycles. The van der Waals surface area contributed by atoms with Crippen LogP contribution in [0, 0.1) is 5.82 Å². The first kappa shape index (κ1) is 19.3. The second kappa shape index (κ2) is 8.92. The highest BCUT2D eigenvalue weighted by Crippen LogP contribution is 2.18. The number of nitrogens with one attached hydrogen (secondary N) is 2. The maximum absolute atomic E-state index is 13.5. The van der Waals surface area contributed by atoms with E-state index in [1.165, 1.54) is 24.4 Å². The smallest absolute Gasteiger partial charge is 0.271 e. The Kier molecular flexibility index (Phi) is 6.14. The molecule has 0 saturated heterocycles. The average molecular weight is 396 g/mol. The van der Waals surface area contributed by atoms with Gasteiger partial charge in [-0.3, -0.25) is 9.59 Å². The third kappa shape index (κ3) is 4.81. The monoisotopic (exact) mass is 395 g/mol. The van der Waals surface area contributed by atoms with Crippen LogP contribution in [0.3, 0.4) is 0 Å². The van der Waals surface area contributed by atoms with Gasteiger partial charge in [0.15, 0.2) is 0 Å². The van der Waals surface area contributed by atoms with Gasteiger partial charge < -0.3 is 5.32 Å². The van der Waals surface area contributed by atoms with Crippen molar-refractivity contribution >= 4 is 35.3 Å². The maximum Gasteiger partial charge on any atom is 0.271 e. The van der Waals surface area contributed by atoms with Crippen LogP contribution < -0.4 is 10.7 Å². The number of hydrogen-bond acceptors (Lipinski definition) is 3. The number of hydrazone groups is 1. The van der Waals surface area contributed by atoms with Gasteiger partial charge in [0.25, 0.3) is 11.8 Å². The van der Waals surface area contributed by atoms with Gasteiger partial charge in [0.2, 0.25) is 0 Å². The molecular weight excluding hydrogens is 381 g/mol. The van der Waals surface area contributed by atoms with Gasteiger partial charge in [-0.25, -0.2) is 9.82 Å². The summed E-state index contributed by atoms with van der Waals surface area (Å²) < 4.78 is 13.5. The molecule has 0 fully saturated rings. The summed E-state index contributed by atoms with van der Waals surface area (Å²) in [5.74, 6) is -1.33. The van der Waals surface area contributed by atoms with Crippen LogP contribution in [0.4, 0.5) is 10.1 Å². The molecule has 140 valence electrons. The van der Waals surface area contributed by atoms with Crippen LogP contribution in [0.2, 0.25) is 5.02 Å². The second-order valence-corrected chi connectivity index (χ2v) is 6.14. The van der Waals surface area contributed by atoms with E-state index in [1.54, 1.807) is 54.6 Å². The second-order valence-electron chi connectivity index (χ2n) is 5.74. The lowest BCUT2D eigenvalue weighted by Gasteiger charge is -2.08. The predicted octanol–water partition coefficient (Wildman–Crippen LogP) is 4.50. The van der Waals surface area contributed by atoms with Crippen LogP contribution in [-0.4, -0.2) is 18.0 Å². The van der Waals surface area contributed by atoms with Crippen LogP contribution in [0.1, 0.15) is 26.3 Å². The highest BCUT2D eigenvalue weighted by molar-refractivity contribution is 6.34. The summed E-state index contributed by atoms with van der Waals surface area (Å²) in [6.45, 7) is 0. The van der Waals surface area contributed by atoms with E-state index in [0.29, 0.717) is 16.3 Å². The zero-order valence-electron chi connectivity index (χ0n) is 14.5. The van der Waals surface area contributed by atoms with Crippen molar-refractivity contribution in [2.75, 3.05) is 5.32 Å². The summed E-state index contributed by atoms with van der Waals surface area (Å²) >= 11 is 6.02. The minimum absolute atomic E-state index is 0.253. The molecule has 7 heteroatoms. The van der Waals surface area contributed by atoms with Crippen LogP contribution >= 0.6 is 11.6 Å². The van der Waals surface area contributed by atoms with E-state index in [-0.39, 0.29) is 17.0 Å². The van der Waals surface area contributed by atoms with E-state index in [1.807, 2.05) is 0 Å². The number of rotatable bonds is 5. The Hall–Kier alpha value is -3.51. The van der Waals surface area contributed by atoms with Crippen molar-refractivity contribution in [3.05, 3.63) is 100 Å². The number of amides is 2. The molecule has 0 spiro atoms. The molecule has 0 aromatic heterocycles. The fourth-order valence-electron chi connectivity index (χ4n) is 2.39. The van der Waals surface area contributed by atoms with Crippen molar-refractivity contribution in [1.29, 1.82) is 0 Å². The Balaban J connectivity index is 1.67. The molecule has 3 aromatic carbocycles. The van der Waals surface area contributed by atoms with Crippen molar-refractivity contribution in [2.24, 2.45) is 5.10 Å². The molecule has 0 aliphatic heterocycles. The molecule has 0 saturated carbocycles. The van der Waals surface area contributed by atoms with Crippen LogP contribution in [0.5, 0.6) is 0 Å². The topological polar surface area (TPSA) is 70.6 Å². The SMILES string of the molecule is O=C(NN=Cc1ccccc1F)c1cccc(NC(=O)c2ccccc2Cl)c1. The summed E-state index contributed by atoms with van der Waals surface area (Å²) in [4.78, 5) is 24.6. The van der Waals surface area contributed by atoms with E-state index in [4.69, 9.17) is 11.6 Å². The van der Waals surface area contributed by atoms with Crippen molar-refractivity contribution in [1.82, 2.24) is 5.43 Å². The van der Waals surface area contributed by atoms with E-state index in [9.17, 15) is 14.0 Å². The van der Waals surface area contributed by atoms with Gasteiger partial charge in [-0.2, -0.15) is 5.10 Å². The molecule has 3 aromatic rings. The van der Waals surface area contributed by atoms with Gasteiger partial charge in [0, 0.05) is 16.8 Å². The van der Waals surface area contributed by atoms with Crippen molar-refractivity contribution in [3.8, 4) is 0 Å². The largest absolute Gasteiger partial charge is 0.322 e. The molecule has 2 amide bonds. The molecule has 2 N–H and O–H groups in total. The summed E-state index contributed by atoms with van der Waals surface area (Å²) in [5, 5.41) is 6.78. The standard InChI is InChI=1S/C21H15ClFN3O2/c22-18-10-3-2-9-17(18)21(28)25-16-8-5-7-14(12-16)20(27)26-24-13-15-6-1-4-11-19(15)23/h1-13H,(H,25,28)(H,26,27). The number of nitrogens with zero attached hydrogens (tertiary/aromatic N) is 1. The molecule has 0 bridgehead atoms. The summed E-state index contributed by atoms with van der Waals surface area (Å²) in [6, 6.07) is 19.1. The van der Waals surface area contributed by atoms with Crippen molar-refractivity contribution in [3.63, 3.8) is 0 Å². The number of hydrogen-bond donors (Lipinski definition) is 2. The number of anilines is 1. The minimum Gasteiger partial charge on any atom is -0.322 e. The summed E-state index contributed by atoms with van der Waals surface area (Å²) in [5.41, 5.74) is 3.61. The van der Waals surface area contributed by atoms with Gasteiger partial charge in [0.05, 0.1) is 16.8 Å². The van der Waals surface area contributed by atoms with E-state index in [2.05, 4.69) is 15.8 Å².